The molecule has 1 unspecified atom stereocenters. The number of nitrogens with two attached hydrogens (primary N) is 3. The number of phosphoric acid groups is 2. The molecule has 1 aromatic rings. The highest BCUT2D eigenvalue weighted by Crippen LogP contribution is 2.57. The van der Waals surface area contributed by atoms with Gasteiger partial charge in [-0.05, 0) is 18.9 Å². The van der Waals surface area contributed by atoms with Gasteiger partial charge >= 0.3 is 21.3 Å². The third kappa shape index (κ3) is 8.42. The standard InChI is InChI=1S/C13H23N3O11P2.CH5N3/c1-2-3-5-13(16-6-4-9(14)15-12(16)19)11(18)10(17)8(26-13)7-25-29(23,24)27-28(20,21)22;2-1(3)4/h4,6,8,10-11,17-18H,2-3,5,7H2,1H3,(H,23,24)(H2,14,15,19)(H2,20,21,22);(H5,2,3,4)/t8-,10-,11-,13-;/m1./s1. The van der Waals surface area contributed by atoms with Crippen molar-refractivity contribution in [1.82, 2.24) is 9.55 Å². The molecule has 1 aliphatic rings. The van der Waals surface area contributed by atoms with Crippen LogP contribution in [-0.2, 0) is 28.4 Å². The number of ether oxygens (including phenoxy) is 1. The van der Waals surface area contributed by atoms with Gasteiger partial charge in [0.15, 0.2) is 11.7 Å². The van der Waals surface area contributed by atoms with Crippen LogP contribution >= 0.6 is 15.6 Å². The lowest BCUT2D eigenvalue weighted by atomic mass is 9.96. The maximum Gasteiger partial charge on any atom is 0.481 e. The Morgan fingerprint density at radius 1 is 1.33 bits per heavy atom. The fourth-order valence-corrected chi connectivity index (χ4v) is 4.59. The monoisotopic (exact) mass is 518 g/mol. The molecule has 0 aromatic carbocycles. The van der Waals surface area contributed by atoms with Gasteiger partial charge in [-0.25, -0.2) is 13.9 Å². The molecule has 0 spiro atoms. The number of rotatable bonds is 9. The number of phosphoric ester groups is 1. The highest BCUT2D eigenvalue weighted by molar-refractivity contribution is 7.60. The van der Waals surface area contributed by atoms with Crippen LogP contribution < -0.4 is 22.9 Å². The minimum Gasteiger partial charge on any atom is -0.387 e. The van der Waals surface area contributed by atoms with Gasteiger partial charge in [0.05, 0.1) is 6.61 Å². The Morgan fingerprint density at radius 2 is 1.91 bits per heavy atom. The highest BCUT2D eigenvalue weighted by Gasteiger charge is 2.56. The Balaban J connectivity index is 0.00000125. The Labute approximate surface area is 187 Å². The third-order valence-corrected chi connectivity index (χ3v) is 6.41. The second kappa shape index (κ2) is 11.5. The van der Waals surface area contributed by atoms with E-state index in [1.54, 1.807) is 0 Å². The van der Waals surface area contributed by atoms with Crippen LogP contribution in [0.2, 0.25) is 0 Å². The number of nitrogens with one attached hydrogen (secondary N) is 1. The molecule has 190 valence electrons. The number of guanidine groups is 1. The van der Waals surface area contributed by atoms with Crippen LogP contribution in [0.25, 0.3) is 0 Å². The second-order valence-electron chi connectivity index (χ2n) is 6.84. The van der Waals surface area contributed by atoms with Crippen molar-refractivity contribution in [1.29, 1.82) is 5.41 Å². The number of aliphatic hydroxyl groups excluding tert-OH is 2. The lowest BCUT2D eigenvalue weighted by molar-refractivity contribution is -0.155. The first-order valence-corrected chi connectivity index (χ1v) is 12.3. The molecule has 0 amide bonds. The van der Waals surface area contributed by atoms with Crippen LogP contribution in [0.3, 0.4) is 0 Å². The molecule has 0 saturated carbocycles. The molecule has 5 atom stereocenters. The Bertz CT molecular complexity index is 967. The quantitative estimate of drug-likeness (QED) is 0.0956. The smallest absolute Gasteiger partial charge is 0.387 e. The van der Waals surface area contributed by atoms with Gasteiger partial charge in [-0.1, -0.05) is 13.3 Å². The Hall–Kier alpha value is -1.91. The largest absolute Gasteiger partial charge is 0.481 e. The molecule has 0 bridgehead atoms. The van der Waals surface area contributed by atoms with Gasteiger partial charge in [0.1, 0.15) is 24.1 Å². The maximum absolute atomic E-state index is 12.3. The predicted molar refractivity (Wildman–Crippen MR) is 112 cm³/mol. The van der Waals surface area contributed by atoms with E-state index >= 15 is 0 Å². The average molecular weight is 518 g/mol. The second-order valence-corrected chi connectivity index (χ2v) is 9.67. The van der Waals surface area contributed by atoms with Gasteiger partial charge in [-0.3, -0.25) is 14.5 Å². The van der Waals surface area contributed by atoms with Crippen LogP contribution in [-0.4, -0.2) is 65.3 Å². The van der Waals surface area contributed by atoms with Gasteiger partial charge in [-0.15, -0.1) is 0 Å². The van der Waals surface area contributed by atoms with E-state index in [1.807, 2.05) is 6.92 Å². The van der Waals surface area contributed by atoms with Gasteiger partial charge in [-0.2, -0.15) is 9.29 Å². The SMILES string of the molecule is CCCC[C@@]1(n2ccc(N)nc2=O)O[C@H](COP(=O)(O)OP(=O)(O)O)[C@@H](O)[C@H]1O.N=C(N)N. The van der Waals surface area contributed by atoms with Crippen molar-refractivity contribution in [3.8, 4) is 0 Å². The van der Waals surface area contributed by atoms with Crippen LogP contribution in [0.1, 0.15) is 26.2 Å². The summed E-state index contributed by atoms with van der Waals surface area (Å²) in [6.07, 6.45) is -2.36. The number of anilines is 1. The summed E-state index contributed by atoms with van der Waals surface area (Å²) in [6.45, 7) is 0.967. The summed E-state index contributed by atoms with van der Waals surface area (Å²) in [5.74, 6) is -0.402. The molecule has 33 heavy (non-hydrogen) atoms. The summed E-state index contributed by atoms with van der Waals surface area (Å²) in [5, 5.41) is 27.0. The molecular formula is C14H28N6O11P2. The van der Waals surface area contributed by atoms with E-state index in [2.05, 4.69) is 25.3 Å². The summed E-state index contributed by atoms with van der Waals surface area (Å²) in [5.41, 5.74) is 11.8. The summed E-state index contributed by atoms with van der Waals surface area (Å²) in [7, 11) is -10.5. The number of unbranched alkanes of at least 4 members (excludes halogenated alkanes) is 1. The van der Waals surface area contributed by atoms with Crippen molar-refractivity contribution in [3.63, 3.8) is 0 Å². The van der Waals surface area contributed by atoms with Crippen molar-refractivity contribution in [3.05, 3.63) is 22.7 Å². The fourth-order valence-electron chi connectivity index (χ4n) is 2.99. The van der Waals surface area contributed by atoms with Crippen molar-refractivity contribution in [2.45, 2.75) is 50.2 Å². The molecule has 1 aromatic heterocycles. The van der Waals surface area contributed by atoms with Gasteiger partial charge in [0, 0.05) is 6.20 Å². The molecule has 19 heteroatoms. The minimum absolute atomic E-state index is 0.0689. The summed E-state index contributed by atoms with van der Waals surface area (Å²) in [4.78, 5) is 42.5. The lowest BCUT2D eigenvalue weighted by Gasteiger charge is -2.33. The molecule has 1 aliphatic heterocycles. The van der Waals surface area contributed by atoms with Crippen LogP contribution in [0.4, 0.5) is 5.82 Å². The minimum atomic E-state index is -5.33. The van der Waals surface area contributed by atoms with Gasteiger partial charge in [0.25, 0.3) is 0 Å². The molecule has 17 nitrogen and oxygen atoms in total. The number of hydrogen-bond acceptors (Lipinski definition) is 11. The van der Waals surface area contributed by atoms with Crippen LogP contribution in [0.5, 0.6) is 0 Å². The first-order chi connectivity index (χ1) is 15.0. The first kappa shape index (κ1) is 29.1. The zero-order valence-electron chi connectivity index (χ0n) is 17.4. The van der Waals surface area contributed by atoms with E-state index in [0.717, 1.165) is 4.57 Å². The maximum atomic E-state index is 12.3. The lowest BCUT2D eigenvalue weighted by Crippen LogP contribution is -2.50. The highest BCUT2D eigenvalue weighted by atomic mass is 31.3. The van der Waals surface area contributed by atoms with Crippen molar-refractivity contribution >= 4 is 27.4 Å². The van der Waals surface area contributed by atoms with Crippen molar-refractivity contribution < 1.29 is 47.6 Å². The topological polar surface area (TPSA) is 300 Å². The first-order valence-electron chi connectivity index (χ1n) is 9.28. The zero-order chi connectivity index (χ0) is 25.6. The number of hydrogen-bond donors (Lipinski definition) is 9. The van der Waals surface area contributed by atoms with Crippen LogP contribution in [0.15, 0.2) is 17.1 Å². The zero-order valence-corrected chi connectivity index (χ0v) is 19.2. The van der Waals surface area contributed by atoms with E-state index in [9.17, 15) is 29.0 Å². The van der Waals surface area contributed by atoms with Crippen LogP contribution in [0, 0.1) is 5.41 Å². The number of nitrogens with zero attached hydrogens (tertiary/aromatic N) is 2. The summed E-state index contributed by atoms with van der Waals surface area (Å²) >= 11 is 0. The third-order valence-electron chi connectivity index (χ3n) is 4.26. The number of aliphatic hydroxyl groups is 2. The molecule has 12 N–H and O–H groups in total. The molecule has 0 aliphatic carbocycles. The normalized spacial score (nSPS) is 26.8. The summed E-state index contributed by atoms with van der Waals surface area (Å²) in [6, 6.07) is 1.29. The van der Waals surface area contributed by atoms with E-state index in [4.69, 9.17) is 25.7 Å². The molecule has 0 radical (unpaired) electrons. The van der Waals surface area contributed by atoms with Crippen molar-refractivity contribution in [2.24, 2.45) is 11.5 Å². The molecule has 1 saturated heterocycles. The Kier molecular flexibility index (Phi) is 10.1. The molecule has 2 rings (SSSR count). The van der Waals surface area contributed by atoms with E-state index in [1.165, 1.54) is 12.3 Å². The summed E-state index contributed by atoms with van der Waals surface area (Å²) < 4.78 is 37.1. The van der Waals surface area contributed by atoms with E-state index < -0.39 is 52.0 Å². The van der Waals surface area contributed by atoms with Gasteiger partial charge in [0.2, 0.25) is 0 Å². The van der Waals surface area contributed by atoms with E-state index in [0.29, 0.717) is 12.8 Å². The fraction of sp³-hybridized carbons (Fsp3) is 0.643. The number of aromatic nitrogens is 2. The predicted octanol–water partition coefficient (Wildman–Crippen LogP) is -2.15. The molecular weight excluding hydrogens is 490 g/mol. The van der Waals surface area contributed by atoms with Gasteiger partial charge < -0.3 is 46.8 Å². The number of nitrogen functional groups attached to an aromatic ring is 1. The Morgan fingerprint density at radius 3 is 2.39 bits per heavy atom. The van der Waals surface area contributed by atoms with E-state index in [-0.39, 0.29) is 18.2 Å². The molecule has 2 heterocycles. The molecule has 1 fully saturated rings. The average Bonchev–Trinajstić information content (AvgIpc) is 2.88. The van der Waals surface area contributed by atoms with Crippen molar-refractivity contribution in [2.75, 3.05) is 12.3 Å².